The summed E-state index contributed by atoms with van der Waals surface area (Å²) in [6.07, 6.45) is 8.49. The number of hydrogen-bond acceptors (Lipinski definition) is 2. The van der Waals surface area contributed by atoms with Gasteiger partial charge in [0, 0.05) is 31.7 Å². The molecule has 0 spiro atoms. The van der Waals surface area contributed by atoms with E-state index < -0.39 is 0 Å². The lowest BCUT2D eigenvalue weighted by atomic mass is 10.2. The van der Waals surface area contributed by atoms with Crippen molar-refractivity contribution in [2.75, 3.05) is 19.6 Å². The van der Waals surface area contributed by atoms with Crippen molar-refractivity contribution >= 4 is 0 Å². The van der Waals surface area contributed by atoms with Gasteiger partial charge in [-0.25, -0.2) is 0 Å². The molecule has 94 valence electrons. The monoisotopic (exact) mass is 224 g/mol. The largest absolute Gasteiger partial charge is 0.313 e. The number of nitrogens with zero attached hydrogens (tertiary/aromatic N) is 1. The maximum Gasteiger partial charge on any atom is 0.0110 e. The molecule has 2 nitrogen and oxygen atoms in total. The molecule has 1 N–H and O–H groups in total. The fourth-order valence-electron chi connectivity index (χ4n) is 2.48. The summed E-state index contributed by atoms with van der Waals surface area (Å²) in [5.74, 6) is 1.05. The van der Waals surface area contributed by atoms with Crippen LogP contribution in [0.15, 0.2) is 0 Å². The van der Waals surface area contributed by atoms with E-state index in [-0.39, 0.29) is 0 Å². The van der Waals surface area contributed by atoms with Crippen LogP contribution in [0.4, 0.5) is 0 Å². The van der Waals surface area contributed by atoms with E-state index in [1.54, 1.807) is 0 Å². The van der Waals surface area contributed by atoms with E-state index >= 15 is 0 Å². The highest BCUT2D eigenvalue weighted by Gasteiger charge is 2.33. The highest BCUT2D eigenvalue weighted by Crippen LogP contribution is 2.34. The summed E-state index contributed by atoms with van der Waals surface area (Å²) in [4.78, 5) is 2.74. The zero-order valence-electron chi connectivity index (χ0n) is 11.0. The number of hydrogen-bond donors (Lipinski definition) is 1. The molecule has 0 radical (unpaired) electrons. The van der Waals surface area contributed by atoms with E-state index in [1.165, 1.54) is 58.2 Å². The van der Waals surface area contributed by atoms with E-state index in [2.05, 4.69) is 24.1 Å². The van der Waals surface area contributed by atoms with Gasteiger partial charge in [-0.15, -0.1) is 0 Å². The van der Waals surface area contributed by atoms with Crippen LogP contribution in [0.2, 0.25) is 0 Å². The highest BCUT2D eigenvalue weighted by molar-refractivity contribution is 4.88. The van der Waals surface area contributed by atoms with E-state index in [4.69, 9.17) is 0 Å². The van der Waals surface area contributed by atoms with Crippen LogP contribution >= 0.6 is 0 Å². The molecule has 2 fully saturated rings. The predicted octanol–water partition coefficient (Wildman–Crippen LogP) is 2.64. The molecule has 1 unspecified atom stereocenters. The van der Waals surface area contributed by atoms with Crippen molar-refractivity contribution in [1.29, 1.82) is 0 Å². The molecule has 1 atom stereocenters. The molecule has 0 aliphatic heterocycles. The smallest absolute Gasteiger partial charge is 0.0110 e. The molecular weight excluding hydrogens is 196 g/mol. The first-order valence-corrected chi connectivity index (χ1v) is 7.27. The van der Waals surface area contributed by atoms with E-state index in [1.807, 2.05) is 0 Å². The third-order valence-electron chi connectivity index (χ3n) is 3.87. The Balaban J connectivity index is 1.57. The molecule has 0 bridgehead atoms. The van der Waals surface area contributed by atoms with Gasteiger partial charge in [-0.1, -0.05) is 13.3 Å². The van der Waals surface area contributed by atoms with E-state index in [0.717, 1.165) is 12.0 Å². The summed E-state index contributed by atoms with van der Waals surface area (Å²) in [6.45, 7) is 8.42. The fraction of sp³-hybridized carbons (Fsp3) is 1.00. The molecule has 2 heteroatoms. The fourth-order valence-corrected chi connectivity index (χ4v) is 2.48. The van der Waals surface area contributed by atoms with E-state index in [9.17, 15) is 0 Å². The van der Waals surface area contributed by atoms with Crippen LogP contribution < -0.4 is 5.32 Å². The van der Waals surface area contributed by atoms with Crippen molar-refractivity contribution in [1.82, 2.24) is 10.2 Å². The van der Waals surface area contributed by atoms with Crippen molar-refractivity contribution in [3.63, 3.8) is 0 Å². The predicted molar refractivity (Wildman–Crippen MR) is 69.7 cm³/mol. The highest BCUT2D eigenvalue weighted by atomic mass is 15.2. The van der Waals surface area contributed by atoms with Crippen LogP contribution in [0, 0.1) is 5.92 Å². The summed E-state index contributed by atoms with van der Waals surface area (Å²) < 4.78 is 0. The quantitative estimate of drug-likeness (QED) is 0.648. The normalized spacial score (nSPS) is 22.7. The summed E-state index contributed by atoms with van der Waals surface area (Å²) >= 11 is 0. The number of rotatable bonds is 9. The Morgan fingerprint density at radius 1 is 1.25 bits per heavy atom. The molecule has 0 aromatic rings. The molecule has 16 heavy (non-hydrogen) atoms. The molecule has 0 heterocycles. The number of nitrogens with one attached hydrogen (secondary N) is 1. The molecule has 0 amide bonds. The Hall–Kier alpha value is -0.0800. The van der Waals surface area contributed by atoms with Crippen molar-refractivity contribution < 1.29 is 0 Å². The van der Waals surface area contributed by atoms with Gasteiger partial charge in [0.15, 0.2) is 0 Å². The standard InChI is InChI=1S/C14H28N2/c1-3-4-12(2)15-9-10-16(14-7-8-14)11-13-5-6-13/h12-15H,3-11H2,1-2H3. The summed E-state index contributed by atoms with van der Waals surface area (Å²) in [5.41, 5.74) is 0. The molecule has 0 aromatic carbocycles. The van der Waals surface area contributed by atoms with Gasteiger partial charge < -0.3 is 5.32 Å². The van der Waals surface area contributed by atoms with Gasteiger partial charge in [-0.3, -0.25) is 4.90 Å². The van der Waals surface area contributed by atoms with Gasteiger partial charge in [-0.05, 0) is 44.9 Å². The van der Waals surface area contributed by atoms with Crippen LogP contribution in [-0.2, 0) is 0 Å². The molecule has 2 aliphatic rings. The molecule has 0 aromatic heterocycles. The van der Waals surface area contributed by atoms with Crippen molar-refractivity contribution in [2.45, 2.75) is 64.5 Å². The minimum atomic E-state index is 0.701. The van der Waals surface area contributed by atoms with Crippen molar-refractivity contribution in [3.8, 4) is 0 Å². The second-order valence-corrected chi connectivity index (χ2v) is 5.81. The summed E-state index contributed by atoms with van der Waals surface area (Å²) in [6, 6.07) is 1.65. The van der Waals surface area contributed by atoms with Crippen molar-refractivity contribution in [2.24, 2.45) is 5.92 Å². The molecule has 2 rings (SSSR count). The van der Waals surface area contributed by atoms with Crippen LogP contribution in [0.3, 0.4) is 0 Å². The SMILES string of the molecule is CCCC(C)NCCN(CC1CC1)C1CC1. The van der Waals surface area contributed by atoms with Crippen LogP contribution in [0.5, 0.6) is 0 Å². The van der Waals surface area contributed by atoms with Crippen LogP contribution in [0.1, 0.15) is 52.4 Å². The Morgan fingerprint density at radius 3 is 2.56 bits per heavy atom. The Labute approximate surface area is 101 Å². The molecule has 2 saturated carbocycles. The van der Waals surface area contributed by atoms with Gasteiger partial charge in [0.1, 0.15) is 0 Å². The third-order valence-corrected chi connectivity index (χ3v) is 3.87. The zero-order valence-corrected chi connectivity index (χ0v) is 11.0. The maximum absolute atomic E-state index is 3.65. The zero-order chi connectivity index (χ0) is 11.4. The summed E-state index contributed by atoms with van der Waals surface area (Å²) in [5, 5.41) is 3.65. The van der Waals surface area contributed by atoms with Gasteiger partial charge in [0.25, 0.3) is 0 Å². The lowest BCUT2D eigenvalue weighted by molar-refractivity contribution is 0.248. The first kappa shape index (κ1) is 12.4. The van der Waals surface area contributed by atoms with Gasteiger partial charge >= 0.3 is 0 Å². The van der Waals surface area contributed by atoms with Crippen molar-refractivity contribution in [3.05, 3.63) is 0 Å². The van der Waals surface area contributed by atoms with Gasteiger partial charge in [0.05, 0.1) is 0 Å². The van der Waals surface area contributed by atoms with Crippen LogP contribution in [-0.4, -0.2) is 36.6 Å². The first-order valence-electron chi connectivity index (χ1n) is 7.27. The first-order chi connectivity index (χ1) is 7.79. The second kappa shape index (κ2) is 6.02. The van der Waals surface area contributed by atoms with Gasteiger partial charge in [-0.2, -0.15) is 0 Å². The molecular formula is C14H28N2. The molecule has 2 aliphatic carbocycles. The average molecular weight is 224 g/mol. The average Bonchev–Trinajstić information content (AvgIpc) is 3.11. The maximum atomic E-state index is 3.65. The van der Waals surface area contributed by atoms with Crippen LogP contribution in [0.25, 0.3) is 0 Å². The Kier molecular flexibility index (Phi) is 4.66. The topological polar surface area (TPSA) is 15.3 Å². The second-order valence-electron chi connectivity index (χ2n) is 5.81. The molecule has 0 saturated heterocycles. The minimum absolute atomic E-state index is 0.701. The summed E-state index contributed by atoms with van der Waals surface area (Å²) in [7, 11) is 0. The van der Waals surface area contributed by atoms with E-state index in [0.29, 0.717) is 6.04 Å². The lowest BCUT2D eigenvalue weighted by Gasteiger charge is -2.23. The Bertz CT molecular complexity index is 197. The lowest BCUT2D eigenvalue weighted by Crippen LogP contribution is -2.38. The Morgan fingerprint density at radius 2 is 2.00 bits per heavy atom. The minimum Gasteiger partial charge on any atom is -0.313 e. The van der Waals surface area contributed by atoms with Gasteiger partial charge in [0.2, 0.25) is 0 Å². The third kappa shape index (κ3) is 4.42.